The molecule has 2 aliphatic rings. The van der Waals surface area contributed by atoms with Gasteiger partial charge in [-0.3, -0.25) is 4.79 Å². The maximum Gasteiger partial charge on any atom is 0.163 e. The summed E-state index contributed by atoms with van der Waals surface area (Å²) in [6.45, 7) is 1.04. The van der Waals surface area contributed by atoms with Gasteiger partial charge in [-0.2, -0.15) is 0 Å². The smallest absolute Gasteiger partial charge is 0.163 e. The molecule has 3 rings (SSSR count). The molecule has 1 N–H and O–H groups in total. The van der Waals surface area contributed by atoms with E-state index in [1.165, 1.54) is 23.2 Å². The number of Topliss-reactive ketones (excluding diaryl/α,β-unsaturated/α-hetero) is 1. The summed E-state index contributed by atoms with van der Waals surface area (Å²) in [5, 5.41) is 3.38. The van der Waals surface area contributed by atoms with Crippen molar-refractivity contribution in [3.8, 4) is 0 Å². The van der Waals surface area contributed by atoms with Crippen LogP contribution in [0.3, 0.4) is 0 Å². The summed E-state index contributed by atoms with van der Waals surface area (Å²) < 4.78 is 0. The summed E-state index contributed by atoms with van der Waals surface area (Å²) >= 11 is 6.44. The summed E-state index contributed by atoms with van der Waals surface area (Å²) in [6, 6.07) is 4.32. The molecule has 0 atom stereocenters. The zero-order valence-corrected chi connectivity index (χ0v) is 11.5. The summed E-state index contributed by atoms with van der Waals surface area (Å²) in [5.41, 5.74) is 4.83. The molecule has 0 fully saturated rings. The van der Waals surface area contributed by atoms with E-state index < -0.39 is 0 Å². The summed E-state index contributed by atoms with van der Waals surface area (Å²) in [6.07, 6.45) is 5.20. The first-order valence-corrected chi connectivity index (χ1v) is 7.57. The third-order valence-electron chi connectivity index (χ3n) is 3.42. The molecule has 0 saturated heterocycles. The topological polar surface area (TPSA) is 29.1 Å². The Hall–Kier alpha value is -0.610. The van der Waals surface area contributed by atoms with Gasteiger partial charge < -0.3 is 5.32 Å². The van der Waals surface area contributed by atoms with Crippen LogP contribution in [0.4, 0.5) is 5.69 Å². The van der Waals surface area contributed by atoms with Gasteiger partial charge in [-0.05, 0) is 42.9 Å². The Labute approximate surface area is 112 Å². The van der Waals surface area contributed by atoms with Gasteiger partial charge in [0.1, 0.15) is 0 Å². The third kappa shape index (κ3) is 2.63. The number of fused-ring (bicyclic) bond motifs is 2. The summed E-state index contributed by atoms with van der Waals surface area (Å²) in [4.78, 5) is 11.7. The minimum Gasteiger partial charge on any atom is -0.385 e. The Morgan fingerprint density at radius 1 is 1.00 bits per heavy atom. The van der Waals surface area contributed by atoms with Gasteiger partial charge in [0.15, 0.2) is 5.78 Å². The molecular weight excluding hydrogens is 250 g/mol. The predicted molar refractivity (Wildman–Crippen MR) is 78.5 cm³/mol. The number of ketones is 1. The molecule has 1 aliphatic carbocycles. The first-order chi connectivity index (χ1) is 8.34. The number of thiol groups is 2. The van der Waals surface area contributed by atoms with Crippen molar-refractivity contribution in [1.29, 1.82) is 0 Å². The molecule has 1 aliphatic heterocycles. The van der Waals surface area contributed by atoms with Crippen molar-refractivity contribution in [3.05, 3.63) is 28.8 Å². The molecule has 17 heavy (non-hydrogen) atoms. The van der Waals surface area contributed by atoms with Crippen LogP contribution in [0.25, 0.3) is 0 Å². The van der Waals surface area contributed by atoms with Crippen LogP contribution in [0, 0.1) is 0 Å². The normalized spacial score (nSPS) is 17.2. The monoisotopic (exact) mass is 267 g/mol. The molecule has 0 aromatic heterocycles. The van der Waals surface area contributed by atoms with Gasteiger partial charge in [-0.25, -0.2) is 0 Å². The van der Waals surface area contributed by atoms with E-state index in [0.717, 1.165) is 37.8 Å². The van der Waals surface area contributed by atoms with E-state index in [9.17, 15) is 4.79 Å². The molecule has 1 aromatic rings. The highest BCUT2D eigenvalue weighted by atomic mass is 33.1. The van der Waals surface area contributed by atoms with E-state index in [0.29, 0.717) is 5.78 Å². The molecule has 4 heteroatoms. The molecule has 0 amide bonds. The number of hydrogen-bond acceptors (Lipinski definition) is 4. The average molecular weight is 267 g/mol. The second-order valence-electron chi connectivity index (χ2n) is 4.47. The summed E-state index contributed by atoms with van der Waals surface area (Å²) in [7, 11) is 0. The van der Waals surface area contributed by atoms with Crippen LogP contribution in [0.1, 0.15) is 40.7 Å². The maximum absolute atomic E-state index is 11.7. The molecule has 1 heterocycles. The highest BCUT2D eigenvalue weighted by Gasteiger charge is 2.20. The van der Waals surface area contributed by atoms with Crippen molar-refractivity contribution in [3.63, 3.8) is 0 Å². The lowest BCUT2D eigenvalue weighted by Gasteiger charge is -2.22. The highest BCUT2D eigenvalue weighted by molar-refractivity contribution is 8.59. The predicted octanol–water partition coefficient (Wildman–Crippen LogP) is 3.32. The van der Waals surface area contributed by atoms with E-state index in [1.807, 2.05) is 0 Å². The number of carbonyl (C=O) groups excluding carboxylic acids is 1. The van der Waals surface area contributed by atoms with Gasteiger partial charge in [-0.1, -0.05) is 6.07 Å². The van der Waals surface area contributed by atoms with Crippen LogP contribution in [-0.4, -0.2) is 12.3 Å². The van der Waals surface area contributed by atoms with E-state index in [-0.39, 0.29) is 0 Å². The molecule has 0 spiro atoms. The SMILES string of the molecule is O=C1CCCc2cc3c(cc21)NCCC3.SS. The lowest BCUT2D eigenvalue weighted by atomic mass is 9.87. The number of aryl methyl sites for hydroxylation is 2. The Balaban J connectivity index is 0.000000514. The number of anilines is 1. The van der Waals surface area contributed by atoms with Crippen LogP contribution in [0.2, 0.25) is 0 Å². The molecule has 0 bridgehead atoms. The van der Waals surface area contributed by atoms with Gasteiger partial charge in [0.2, 0.25) is 0 Å². The van der Waals surface area contributed by atoms with Gasteiger partial charge in [0.25, 0.3) is 0 Å². The van der Waals surface area contributed by atoms with Gasteiger partial charge >= 0.3 is 0 Å². The Kier molecular flexibility index (Phi) is 4.40. The highest BCUT2D eigenvalue weighted by Crippen LogP contribution is 2.30. The van der Waals surface area contributed by atoms with Crippen molar-refractivity contribution >= 4 is 34.8 Å². The first-order valence-electron chi connectivity index (χ1n) is 5.97. The minimum atomic E-state index is 0.325. The summed E-state index contributed by atoms with van der Waals surface area (Å²) in [5.74, 6) is 0.325. The molecule has 92 valence electrons. The van der Waals surface area contributed by atoms with E-state index in [4.69, 9.17) is 0 Å². The lowest BCUT2D eigenvalue weighted by Crippen LogP contribution is -2.16. The van der Waals surface area contributed by atoms with Crippen molar-refractivity contribution in [2.75, 3.05) is 11.9 Å². The van der Waals surface area contributed by atoms with Crippen LogP contribution >= 0.6 is 23.3 Å². The Morgan fingerprint density at radius 2 is 1.76 bits per heavy atom. The zero-order chi connectivity index (χ0) is 12.3. The molecule has 0 unspecified atom stereocenters. The lowest BCUT2D eigenvalue weighted by molar-refractivity contribution is 0.0972. The molecule has 2 nitrogen and oxygen atoms in total. The van der Waals surface area contributed by atoms with Crippen molar-refractivity contribution in [2.24, 2.45) is 0 Å². The maximum atomic E-state index is 11.7. The quantitative estimate of drug-likeness (QED) is 0.497. The van der Waals surface area contributed by atoms with E-state index in [2.05, 4.69) is 40.8 Å². The largest absolute Gasteiger partial charge is 0.385 e. The number of rotatable bonds is 0. The Morgan fingerprint density at radius 3 is 2.59 bits per heavy atom. The van der Waals surface area contributed by atoms with Crippen molar-refractivity contribution < 1.29 is 4.79 Å². The van der Waals surface area contributed by atoms with Crippen LogP contribution in [0.15, 0.2) is 12.1 Å². The van der Waals surface area contributed by atoms with Crippen LogP contribution < -0.4 is 5.32 Å². The second-order valence-corrected chi connectivity index (χ2v) is 4.47. The number of nitrogens with one attached hydrogen (secondary N) is 1. The fourth-order valence-corrected chi connectivity index (χ4v) is 2.61. The molecular formula is C13H17NOS2. The van der Waals surface area contributed by atoms with E-state index >= 15 is 0 Å². The number of benzene rings is 1. The first kappa shape index (κ1) is 12.8. The van der Waals surface area contributed by atoms with Crippen molar-refractivity contribution in [2.45, 2.75) is 32.1 Å². The number of carbonyl (C=O) groups is 1. The fraction of sp³-hybridized carbons (Fsp3) is 0.462. The van der Waals surface area contributed by atoms with Crippen LogP contribution in [0.5, 0.6) is 0 Å². The van der Waals surface area contributed by atoms with Gasteiger partial charge in [0, 0.05) is 24.2 Å². The van der Waals surface area contributed by atoms with Gasteiger partial charge in [-0.15, -0.1) is 23.3 Å². The van der Waals surface area contributed by atoms with Crippen LogP contribution in [-0.2, 0) is 12.8 Å². The fourth-order valence-electron chi connectivity index (χ4n) is 2.61. The van der Waals surface area contributed by atoms with Gasteiger partial charge in [0.05, 0.1) is 0 Å². The number of hydrogen-bond donors (Lipinski definition) is 3. The molecule has 0 saturated carbocycles. The Bertz CT molecular complexity index is 432. The average Bonchev–Trinajstić information content (AvgIpc) is 2.40. The zero-order valence-electron chi connectivity index (χ0n) is 9.70. The molecule has 0 radical (unpaired) electrons. The second kappa shape index (κ2) is 5.83. The standard InChI is InChI=1S/C13H15NO.H2S2/c15-13-5-1-3-9-7-10-4-2-6-14-12(10)8-11(9)13;1-2/h7-8,14H,1-6H2;1-2H. The minimum absolute atomic E-state index is 0.325. The van der Waals surface area contributed by atoms with Crippen molar-refractivity contribution in [1.82, 2.24) is 0 Å². The molecule has 1 aromatic carbocycles. The third-order valence-corrected chi connectivity index (χ3v) is 3.42. The van der Waals surface area contributed by atoms with E-state index in [1.54, 1.807) is 0 Å².